The smallest absolute Gasteiger partial charge is 0.231 e. The number of nitrogens with zero attached hydrogens (tertiary/aromatic N) is 1. The van der Waals surface area contributed by atoms with Crippen molar-refractivity contribution >= 4 is 5.91 Å². The second kappa shape index (κ2) is 4.45. The first-order valence-electron chi connectivity index (χ1n) is 5.69. The van der Waals surface area contributed by atoms with Crippen molar-refractivity contribution in [1.29, 1.82) is 0 Å². The average Bonchev–Trinajstić information content (AvgIpc) is 3.12. The van der Waals surface area contributed by atoms with E-state index in [1.807, 2.05) is 0 Å². The number of carbonyl (C=O) groups excluding carboxylic acids is 1. The van der Waals surface area contributed by atoms with E-state index in [-0.39, 0.29) is 24.9 Å². The fraction of sp³-hybridized carbons (Fsp3) is 0.462. The van der Waals surface area contributed by atoms with E-state index in [1.165, 1.54) is 11.0 Å². The number of hydrogen-bond donors (Lipinski definition) is 1. The Balaban J connectivity index is 2.05. The van der Waals surface area contributed by atoms with Gasteiger partial charge in [0, 0.05) is 19.2 Å². The maximum Gasteiger partial charge on any atom is 0.231 e. The lowest BCUT2D eigenvalue weighted by molar-refractivity contribution is -0.137. The standard InChI is InChI=1S/C13H16FNO2/c1-15(12(17)13(9-16)6-7-13)8-10-4-2-3-5-11(10)14/h2-5,16H,6-9H2,1H3. The first-order valence-corrected chi connectivity index (χ1v) is 5.69. The summed E-state index contributed by atoms with van der Waals surface area (Å²) in [6.07, 6.45) is 1.45. The number of hydrogen-bond acceptors (Lipinski definition) is 2. The molecule has 1 aliphatic carbocycles. The summed E-state index contributed by atoms with van der Waals surface area (Å²) in [7, 11) is 1.64. The fourth-order valence-corrected chi connectivity index (χ4v) is 1.95. The van der Waals surface area contributed by atoms with E-state index < -0.39 is 5.41 Å². The molecule has 2 rings (SSSR count). The van der Waals surface area contributed by atoms with E-state index in [0.29, 0.717) is 5.56 Å². The molecule has 0 saturated heterocycles. The summed E-state index contributed by atoms with van der Waals surface area (Å²) in [6.45, 7) is 0.126. The lowest BCUT2D eigenvalue weighted by Gasteiger charge is -2.22. The Labute approximate surface area is 99.9 Å². The second-order valence-corrected chi connectivity index (χ2v) is 4.69. The highest BCUT2D eigenvalue weighted by atomic mass is 19.1. The molecule has 3 nitrogen and oxygen atoms in total. The number of aliphatic hydroxyl groups excluding tert-OH is 1. The molecule has 1 saturated carbocycles. The number of amides is 1. The molecule has 0 atom stereocenters. The van der Waals surface area contributed by atoms with E-state index in [4.69, 9.17) is 0 Å². The van der Waals surface area contributed by atoms with Crippen molar-refractivity contribution in [2.45, 2.75) is 19.4 Å². The Morgan fingerprint density at radius 1 is 1.47 bits per heavy atom. The highest BCUT2D eigenvalue weighted by Gasteiger charge is 2.50. The van der Waals surface area contributed by atoms with E-state index in [0.717, 1.165) is 12.8 Å². The summed E-state index contributed by atoms with van der Waals surface area (Å²) in [6, 6.07) is 6.41. The zero-order chi connectivity index (χ0) is 12.5. The molecule has 0 spiro atoms. The van der Waals surface area contributed by atoms with Crippen LogP contribution in [-0.4, -0.2) is 29.6 Å². The van der Waals surface area contributed by atoms with Gasteiger partial charge in [0.1, 0.15) is 5.82 Å². The van der Waals surface area contributed by atoms with Crippen LogP contribution < -0.4 is 0 Å². The number of aliphatic hydroxyl groups is 1. The van der Waals surface area contributed by atoms with Crippen LogP contribution >= 0.6 is 0 Å². The molecule has 1 fully saturated rings. The van der Waals surface area contributed by atoms with Gasteiger partial charge in [-0.1, -0.05) is 18.2 Å². The Morgan fingerprint density at radius 2 is 2.12 bits per heavy atom. The van der Waals surface area contributed by atoms with Gasteiger partial charge in [-0.25, -0.2) is 4.39 Å². The Kier molecular flexibility index (Phi) is 3.15. The fourth-order valence-electron chi connectivity index (χ4n) is 1.95. The molecule has 1 aromatic rings. The first-order chi connectivity index (χ1) is 8.09. The summed E-state index contributed by atoms with van der Waals surface area (Å²) in [5, 5.41) is 9.17. The molecule has 1 aromatic carbocycles. The maximum absolute atomic E-state index is 13.4. The lowest BCUT2D eigenvalue weighted by Crippen LogP contribution is -2.35. The topological polar surface area (TPSA) is 40.5 Å². The molecule has 17 heavy (non-hydrogen) atoms. The third-order valence-corrected chi connectivity index (χ3v) is 3.32. The van der Waals surface area contributed by atoms with Crippen LogP contribution in [-0.2, 0) is 11.3 Å². The van der Waals surface area contributed by atoms with Crippen LogP contribution in [0.5, 0.6) is 0 Å². The van der Waals surface area contributed by atoms with Gasteiger partial charge in [-0.3, -0.25) is 4.79 Å². The highest BCUT2D eigenvalue weighted by molar-refractivity contribution is 5.85. The molecule has 0 heterocycles. The van der Waals surface area contributed by atoms with E-state index in [9.17, 15) is 14.3 Å². The minimum Gasteiger partial charge on any atom is -0.395 e. The van der Waals surface area contributed by atoms with Gasteiger partial charge < -0.3 is 10.0 Å². The Bertz CT molecular complexity index is 429. The van der Waals surface area contributed by atoms with Crippen molar-refractivity contribution in [3.05, 3.63) is 35.6 Å². The van der Waals surface area contributed by atoms with Crippen molar-refractivity contribution in [2.24, 2.45) is 5.41 Å². The molecule has 0 aromatic heterocycles. The van der Waals surface area contributed by atoms with Crippen LogP contribution in [0.1, 0.15) is 18.4 Å². The molecule has 4 heteroatoms. The van der Waals surface area contributed by atoms with Gasteiger partial charge in [-0.05, 0) is 18.9 Å². The van der Waals surface area contributed by atoms with Gasteiger partial charge in [0.25, 0.3) is 0 Å². The molecular weight excluding hydrogens is 221 g/mol. The van der Waals surface area contributed by atoms with Crippen LogP contribution in [0.4, 0.5) is 4.39 Å². The zero-order valence-corrected chi connectivity index (χ0v) is 9.82. The van der Waals surface area contributed by atoms with E-state index in [2.05, 4.69) is 0 Å². The molecule has 1 N–H and O–H groups in total. The van der Waals surface area contributed by atoms with Gasteiger partial charge in [-0.2, -0.15) is 0 Å². The quantitative estimate of drug-likeness (QED) is 0.863. The highest BCUT2D eigenvalue weighted by Crippen LogP contribution is 2.46. The van der Waals surface area contributed by atoms with Crippen LogP contribution in [0.3, 0.4) is 0 Å². The largest absolute Gasteiger partial charge is 0.395 e. The monoisotopic (exact) mass is 237 g/mol. The molecular formula is C13H16FNO2. The normalized spacial score (nSPS) is 16.6. The van der Waals surface area contributed by atoms with Gasteiger partial charge in [0.05, 0.1) is 12.0 Å². The SMILES string of the molecule is CN(Cc1ccccc1F)C(=O)C1(CO)CC1. The molecule has 0 radical (unpaired) electrons. The molecule has 0 aliphatic heterocycles. The van der Waals surface area contributed by atoms with Crippen molar-refractivity contribution < 1.29 is 14.3 Å². The zero-order valence-electron chi connectivity index (χ0n) is 9.82. The summed E-state index contributed by atoms with van der Waals surface area (Å²) in [5.74, 6) is -0.399. The summed E-state index contributed by atoms with van der Waals surface area (Å²) in [5.41, 5.74) is -0.0860. The van der Waals surface area contributed by atoms with Crippen molar-refractivity contribution in [1.82, 2.24) is 4.90 Å². The predicted octanol–water partition coefficient (Wildman–Crippen LogP) is 1.56. The Hall–Kier alpha value is -1.42. The third kappa shape index (κ3) is 2.31. The maximum atomic E-state index is 13.4. The second-order valence-electron chi connectivity index (χ2n) is 4.69. The van der Waals surface area contributed by atoms with Crippen molar-refractivity contribution in [3.8, 4) is 0 Å². The third-order valence-electron chi connectivity index (χ3n) is 3.32. The molecule has 0 unspecified atom stereocenters. The minimum atomic E-state index is -0.583. The van der Waals surface area contributed by atoms with Gasteiger partial charge in [-0.15, -0.1) is 0 Å². The summed E-state index contributed by atoms with van der Waals surface area (Å²) in [4.78, 5) is 13.5. The molecule has 1 amide bonds. The molecule has 92 valence electrons. The van der Waals surface area contributed by atoms with Crippen LogP contribution in [0.15, 0.2) is 24.3 Å². The van der Waals surface area contributed by atoms with Crippen LogP contribution in [0.25, 0.3) is 0 Å². The minimum absolute atomic E-state index is 0.0942. The lowest BCUT2D eigenvalue weighted by atomic mass is 10.1. The van der Waals surface area contributed by atoms with Crippen LogP contribution in [0.2, 0.25) is 0 Å². The number of benzene rings is 1. The van der Waals surface area contributed by atoms with Crippen molar-refractivity contribution in [3.63, 3.8) is 0 Å². The summed E-state index contributed by atoms with van der Waals surface area (Å²) >= 11 is 0. The number of carbonyl (C=O) groups is 1. The van der Waals surface area contributed by atoms with Crippen molar-refractivity contribution in [2.75, 3.05) is 13.7 Å². The van der Waals surface area contributed by atoms with E-state index in [1.54, 1.807) is 25.2 Å². The predicted molar refractivity (Wildman–Crippen MR) is 61.6 cm³/mol. The number of halogens is 1. The number of rotatable bonds is 4. The Morgan fingerprint density at radius 3 is 2.65 bits per heavy atom. The van der Waals surface area contributed by atoms with Gasteiger partial charge in [0.15, 0.2) is 0 Å². The molecule has 1 aliphatic rings. The average molecular weight is 237 g/mol. The first kappa shape index (κ1) is 12.0. The van der Waals surface area contributed by atoms with Crippen LogP contribution in [0, 0.1) is 11.2 Å². The molecule has 0 bridgehead atoms. The van der Waals surface area contributed by atoms with Gasteiger partial charge >= 0.3 is 0 Å². The summed E-state index contributed by atoms with van der Waals surface area (Å²) < 4.78 is 13.4. The van der Waals surface area contributed by atoms with Gasteiger partial charge in [0.2, 0.25) is 5.91 Å². The van der Waals surface area contributed by atoms with E-state index >= 15 is 0 Å².